The van der Waals surface area contributed by atoms with Crippen molar-refractivity contribution in [3.63, 3.8) is 0 Å². The van der Waals surface area contributed by atoms with E-state index in [4.69, 9.17) is 5.73 Å². The lowest BCUT2D eigenvalue weighted by Crippen LogP contribution is -2.37. The molecule has 100 valence electrons. The molecule has 1 aromatic heterocycles. The average Bonchev–Trinajstić information content (AvgIpc) is 2.65. The van der Waals surface area contributed by atoms with Crippen LogP contribution in [0.4, 0.5) is 5.69 Å². The quantitative estimate of drug-likeness (QED) is 0.856. The summed E-state index contributed by atoms with van der Waals surface area (Å²) in [7, 11) is 1.77. The second-order valence-electron chi connectivity index (χ2n) is 4.99. The molecule has 1 heterocycles. The van der Waals surface area contributed by atoms with E-state index < -0.39 is 0 Å². The van der Waals surface area contributed by atoms with Gasteiger partial charge >= 0.3 is 0 Å². The number of nitrogens with zero attached hydrogens (tertiary/aromatic N) is 2. The third-order valence-electron chi connectivity index (χ3n) is 3.65. The molecule has 1 fully saturated rings. The van der Waals surface area contributed by atoms with Crippen molar-refractivity contribution in [1.29, 1.82) is 0 Å². The van der Waals surface area contributed by atoms with E-state index in [0.717, 1.165) is 25.0 Å². The fraction of sp³-hybridized carbons (Fsp3) is 0.692. The molecule has 0 radical (unpaired) electrons. The molecular weight excluding hydrogens is 228 g/mol. The van der Waals surface area contributed by atoms with Crippen LogP contribution in [0.2, 0.25) is 0 Å². The molecule has 0 unspecified atom stereocenters. The summed E-state index contributed by atoms with van der Waals surface area (Å²) in [5.41, 5.74) is 7.79. The standard InChI is InChI=1S/C13H22N4O/c1-3-10-11(14)12(17(2)16-10)13(18)15-9-7-5-4-6-8-9/h9H,3-8,14H2,1-2H3,(H,15,18). The van der Waals surface area contributed by atoms with Crippen molar-refractivity contribution in [2.45, 2.75) is 51.5 Å². The zero-order valence-electron chi connectivity index (χ0n) is 11.2. The molecule has 0 atom stereocenters. The predicted molar refractivity (Wildman–Crippen MR) is 71.3 cm³/mol. The van der Waals surface area contributed by atoms with E-state index in [1.165, 1.54) is 19.3 Å². The molecule has 1 aliphatic rings. The van der Waals surface area contributed by atoms with Crippen LogP contribution in [-0.4, -0.2) is 21.7 Å². The van der Waals surface area contributed by atoms with Crippen LogP contribution in [-0.2, 0) is 13.5 Å². The number of nitrogen functional groups attached to an aromatic ring is 1. The molecule has 1 saturated carbocycles. The van der Waals surface area contributed by atoms with Crippen molar-refractivity contribution in [1.82, 2.24) is 15.1 Å². The summed E-state index contributed by atoms with van der Waals surface area (Å²) in [6, 6.07) is 0.297. The lowest BCUT2D eigenvalue weighted by molar-refractivity contribution is 0.0919. The Morgan fingerprint density at radius 1 is 1.44 bits per heavy atom. The normalized spacial score (nSPS) is 16.8. The van der Waals surface area contributed by atoms with Gasteiger partial charge in [-0.05, 0) is 19.3 Å². The molecule has 0 spiro atoms. The fourth-order valence-electron chi connectivity index (χ4n) is 2.63. The highest BCUT2D eigenvalue weighted by atomic mass is 16.2. The third kappa shape index (κ3) is 2.49. The number of nitrogens with one attached hydrogen (secondary N) is 1. The fourth-order valence-corrected chi connectivity index (χ4v) is 2.63. The molecule has 3 N–H and O–H groups in total. The Bertz CT molecular complexity index is 432. The maximum Gasteiger partial charge on any atom is 0.271 e. The first-order valence-electron chi connectivity index (χ1n) is 6.75. The molecular formula is C13H22N4O. The Morgan fingerprint density at radius 3 is 2.67 bits per heavy atom. The van der Waals surface area contributed by atoms with E-state index >= 15 is 0 Å². The van der Waals surface area contributed by atoms with Crippen LogP contribution in [0.25, 0.3) is 0 Å². The van der Waals surface area contributed by atoms with Crippen molar-refractivity contribution >= 4 is 11.6 Å². The van der Waals surface area contributed by atoms with Gasteiger partial charge in [0.05, 0.1) is 11.4 Å². The number of hydrogen-bond donors (Lipinski definition) is 2. The smallest absolute Gasteiger partial charge is 0.271 e. The maximum absolute atomic E-state index is 12.2. The Kier molecular flexibility index (Phi) is 3.89. The molecule has 0 aliphatic heterocycles. The van der Waals surface area contributed by atoms with Crippen LogP contribution in [0.3, 0.4) is 0 Å². The number of nitrogens with two attached hydrogens (primary N) is 1. The van der Waals surface area contributed by atoms with E-state index in [-0.39, 0.29) is 5.91 Å². The SMILES string of the molecule is CCc1nn(C)c(C(=O)NC2CCCCC2)c1N. The van der Waals surface area contributed by atoms with Crippen molar-refractivity contribution in [2.75, 3.05) is 5.73 Å². The Balaban J connectivity index is 2.10. The summed E-state index contributed by atoms with van der Waals surface area (Å²) in [5, 5.41) is 7.35. The van der Waals surface area contributed by atoms with Gasteiger partial charge in [-0.2, -0.15) is 5.10 Å². The van der Waals surface area contributed by atoms with Crippen LogP contribution in [0.15, 0.2) is 0 Å². The predicted octanol–water partition coefficient (Wildman–Crippen LogP) is 1.63. The average molecular weight is 250 g/mol. The summed E-state index contributed by atoms with van der Waals surface area (Å²) >= 11 is 0. The molecule has 18 heavy (non-hydrogen) atoms. The van der Waals surface area contributed by atoms with Crippen LogP contribution in [0.5, 0.6) is 0 Å². The highest BCUT2D eigenvalue weighted by molar-refractivity contribution is 5.98. The summed E-state index contributed by atoms with van der Waals surface area (Å²) in [5.74, 6) is -0.0888. The van der Waals surface area contributed by atoms with E-state index in [9.17, 15) is 4.79 Å². The number of hydrogen-bond acceptors (Lipinski definition) is 3. The molecule has 5 nitrogen and oxygen atoms in total. The largest absolute Gasteiger partial charge is 0.395 e. The lowest BCUT2D eigenvalue weighted by Gasteiger charge is -2.22. The second-order valence-corrected chi connectivity index (χ2v) is 4.99. The first-order valence-corrected chi connectivity index (χ1v) is 6.75. The Labute approximate surface area is 108 Å². The van der Waals surface area contributed by atoms with E-state index in [1.54, 1.807) is 11.7 Å². The van der Waals surface area contributed by atoms with Gasteiger partial charge in [-0.1, -0.05) is 26.2 Å². The van der Waals surface area contributed by atoms with E-state index in [1.807, 2.05) is 6.92 Å². The molecule has 1 aromatic rings. The van der Waals surface area contributed by atoms with Gasteiger partial charge in [0.1, 0.15) is 5.69 Å². The number of aromatic nitrogens is 2. The third-order valence-corrected chi connectivity index (χ3v) is 3.65. The van der Waals surface area contributed by atoms with Gasteiger partial charge < -0.3 is 11.1 Å². The molecule has 1 aliphatic carbocycles. The molecule has 2 rings (SSSR count). The van der Waals surface area contributed by atoms with Crippen LogP contribution < -0.4 is 11.1 Å². The van der Waals surface area contributed by atoms with Gasteiger partial charge in [-0.15, -0.1) is 0 Å². The molecule has 0 aromatic carbocycles. The van der Waals surface area contributed by atoms with Gasteiger partial charge in [-0.3, -0.25) is 9.48 Å². The molecule has 0 bridgehead atoms. The molecule has 1 amide bonds. The monoisotopic (exact) mass is 250 g/mol. The van der Waals surface area contributed by atoms with Crippen molar-refractivity contribution in [2.24, 2.45) is 7.05 Å². The van der Waals surface area contributed by atoms with Crippen LogP contribution in [0, 0.1) is 0 Å². The maximum atomic E-state index is 12.2. The zero-order valence-corrected chi connectivity index (χ0v) is 11.2. The minimum atomic E-state index is -0.0888. The van der Waals surface area contributed by atoms with Gasteiger partial charge in [0, 0.05) is 13.1 Å². The van der Waals surface area contributed by atoms with Crippen LogP contribution in [0.1, 0.15) is 55.2 Å². The molecule has 5 heteroatoms. The summed E-state index contributed by atoms with van der Waals surface area (Å²) in [6.45, 7) is 1.99. The summed E-state index contributed by atoms with van der Waals surface area (Å²) in [4.78, 5) is 12.2. The van der Waals surface area contributed by atoms with E-state index in [0.29, 0.717) is 17.4 Å². The van der Waals surface area contributed by atoms with Gasteiger partial charge in [-0.25, -0.2) is 0 Å². The van der Waals surface area contributed by atoms with Crippen molar-refractivity contribution < 1.29 is 4.79 Å². The topological polar surface area (TPSA) is 72.9 Å². The first kappa shape index (κ1) is 12.9. The first-order chi connectivity index (χ1) is 8.63. The number of amides is 1. The number of carbonyl (C=O) groups excluding carboxylic acids is 1. The highest BCUT2D eigenvalue weighted by Gasteiger charge is 2.22. The second kappa shape index (κ2) is 5.42. The number of anilines is 1. The summed E-state index contributed by atoms with van der Waals surface area (Å²) in [6.07, 6.45) is 6.57. The molecule has 0 saturated heterocycles. The van der Waals surface area contributed by atoms with Gasteiger partial charge in [0.25, 0.3) is 5.91 Å². The zero-order chi connectivity index (χ0) is 13.1. The minimum Gasteiger partial charge on any atom is -0.395 e. The summed E-state index contributed by atoms with van der Waals surface area (Å²) < 4.78 is 1.59. The van der Waals surface area contributed by atoms with Gasteiger partial charge in [0.2, 0.25) is 0 Å². The highest BCUT2D eigenvalue weighted by Crippen LogP contribution is 2.20. The number of aryl methyl sites for hydroxylation is 2. The minimum absolute atomic E-state index is 0.0888. The van der Waals surface area contributed by atoms with E-state index in [2.05, 4.69) is 10.4 Å². The van der Waals surface area contributed by atoms with Gasteiger partial charge in [0.15, 0.2) is 0 Å². The Hall–Kier alpha value is -1.52. The number of carbonyl (C=O) groups is 1. The van der Waals surface area contributed by atoms with Crippen molar-refractivity contribution in [3.05, 3.63) is 11.4 Å². The van der Waals surface area contributed by atoms with Crippen molar-refractivity contribution in [3.8, 4) is 0 Å². The Morgan fingerprint density at radius 2 is 2.11 bits per heavy atom. The number of rotatable bonds is 3. The van der Waals surface area contributed by atoms with Crippen LogP contribution >= 0.6 is 0 Å². The lowest BCUT2D eigenvalue weighted by atomic mass is 9.95.